The summed E-state index contributed by atoms with van der Waals surface area (Å²) in [5.74, 6) is 0.999. The van der Waals surface area contributed by atoms with E-state index in [0.717, 1.165) is 22.1 Å². The largest absolute Gasteiger partial charge is 0.497 e. The number of thioether (sulfide) groups is 1. The Hall–Kier alpha value is -3.51. The Kier molecular flexibility index (Phi) is 6.15. The topological polar surface area (TPSA) is 53.4 Å². The lowest BCUT2D eigenvalue weighted by Crippen LogP contribution is -2.11. The highest BCUT2D eigenvalue weighted by atomic mass is 32.2. The van der Waals surface area contributed by atoms with Crippen molar-refractivity contribution < 1.29 is 14.3 Å². The number of hydrogen-bond acceptors (Lipinski definition) is 5. The zero-order valence-electron chi connectivity index (χ0n) is 16.4. The zero-order chi connectivity index (χ0) is 20.8. The van der Waals surface area contributed by atoms with Crippen LogP contribution < -0.4 is 9.47 Å². The fraction of sp³-hybridized carbons (Fsp3) is 0.0833. The van der Waals surface area contributed by atoms with Crippen molar-refractivity contribution in [3.63, 3.8) is 0 Å². The van der Waals surface area contributed by atoms with E-state index in [0.29, 0.717) is 11.5 Å². The quantitative estimate of drug-likeness (QED) is 0.234. The van der Waals surface area contributed by atoms with Gasteiger partial charge in [-0.3, -0.25) is 9.36 Å². The number of hydrogen-bond donors (Lipinski definition) is 0. The minimum atomic E-state index is -0.339. The summed E-state index contributed by atoms with van der Waals surface area (Å²) in [4.78, 5) is 17.1. The molecule has 4 rings (SSSR count). The highest BCUT2D eigenvalue weighted by Crippen LogP contribution is 2.27. The van der Waals surface area contributed by atoms with Gasteiger partial charge in [0.1, 0.15) is 11.5 Å². The smallest absolute Gasteiger partial charge is 0.321 e. The Morgan fingerprint density at radius 1 is 0.900 bits per heavy atom. The Balaban J connectivity index is 1.52. The van der Waals surface area contributed by atoms with Crippen molar-refractivity contribution in [3.8, 4) is 28.4 Å². The van der Waals surface area contributed by atoms with Crippen molar-refractivity contribution in [1.29, 1.82) is 0 Å². The Morgan fingerprint density at radius 2 is 1.53 bits per heavy atom. The first-order valence-electron chi connectivity index (χ1n) is 9.41. The van der Waals surface area contributed by atoms with E-state index in [4.69, 9.17) is 14.5 Å². The van der Waals surface area contributed by atoms with Gasteiger partial charge in [0.15, 0.2) is 5.16 Å². The van der Waals surface area contributed by atoms with Gasteiger partial charge in [-0.25, -0.2) is 4.98 Å². The molecule has 0 aliphatic heterocycles. The average molecular weight is 417 g/mol. The van der Waals surface area contributed by atoms with Crippen LogP contribution in [0.15, 0.2) is 96.3 Å². The van der Waals surface area contributed by atoms with Crippen LogP contribution in [0.25, 0.3) is 16.9 Å². The molecule has 30 heavy (non-hydrogen) atoms. The van der Waals surface area contributed by atoms with Crippen molar-refractivity contribution in [1.82, 2.24) is 9.55 Å². The summed E-state index contributed by atoms with van der Waals surface area (Å²) in [5.41, 5.74) is 2.86. The number of aromatic nitrogens is 2. The van der Waals surface area contributed by atoms with Crippen LogP contribution in [0.1, 0.15) is 0 Å². The highest BCUT2D eigenvalue weighted by molar-refractivity contribution is 7.99. The third kappa shape index (κ3) is 4.72. The number of carbonyl (C=O) groups is 1. The maximum atomic E-state index is 12.4. The van der Waals surface area contributed by atoms with Crippen molar-refractivity contribution in [2.24, 2.45) is 0 Å². The number of esters is 1. The molecule has 3 aromatic carbocycles. The van der Waals surface area contributed by atoms with Gasteiger partial charge >= 0.3 is 5.97 Å². The van der Waals surface area contributed by atoms with Gasteiger partial charge in [0.25, 0.3) is 0 Å². The summed E-state index contributed by atoms with van der Waals surface area (Å²) in [7, 11) is 1.59. The van der Waals surface area contributed by atoms with Crippen LogP contribution in [0.4, 0.5) is 0 Å². The number of carbonyl (C=O) groups excluding carboxylic acids is 1. The fourth-order valence-corrected chi connectivity index (χ4v) is 3.68. The first-order valence-corrected chi connectivity index (χ1v) is 10.4. The number of nitrogens with zero attached hydrogens (tertiary/aromatic N) is 2. The number of methoxy groups -OCH3 is 1. The number of benzene rings is 3. The van der Waals surface area contributed by atoms with Crippen LogP contribution >= 0.6 is 11.8 Å². The van der Waals surface area contributed by atoms with Gasteiger partial charge in [0, 0.05) is 17.4 Å². The SMILES string of the molecule is COc1ccc(OC(=O)CSc2nc(-c3ccccc3)cn2-c2ccccc2)cc1. The Labute approximate surface area is 179 Å². The van der Waals surface area contributed by atoms with E-state index < -0.39 is 0 Å². The van der Waals surface area contributed by atoms with Gasteiger partial charge in [-0.05, 0) is 36.4 Å². The van der Waals surface area contributed by atoms with E-state index >= 15 is 0 Å². The molecule has 0 bridgehead atoms. The number of para-hydroxylation sites is 1. The molecule has 150 valence electrons. The van der Waals surface area contributed by atoms with E-state index in [2.05, 4.69) is 0 Å². The minimum absolute atomic E-state index is 0.143. The molecule has 0 saturated carbocycles. The maximum Gasteiger partial charge on any atom is 0.321 e. The minimum Gasteiger partial charge on any atom is -0.497 e. The summed E-state index contributed by atoms with van der Waals surface area (Å²) in [5, 5.41) is 0.728. The molecule has 0 aliphatic carbocycles. The van der Waals surface area contributed by atoms with E-state index in [1.165, 1.54) is 11.8 Å². The van der Waals surface area contributed by atoms with Crippen molar-refractivity contribution in [3.05, 3.63) is 91.1 Å². The third-order valence-corrected chi connectivity index (χ3v) is 5.31. The van der Waals surface area contributed by atoms with Crippen LogP contribution in [0, 0.1) is 0 Å². The molecule has 0 amide bonds. The summed E-state index contributed by atoms with van der Waals surface area (Å²) in [6, 6.07) is 26.8. The second-order valence-electron chi connectivity index (χ2n) is 6.42. The van der Waals surface area contributed by atoms with Gasteiger partial charge in [-0.15, -0.1) is 0 Å². The van der Waals surface area contributed by atoms with Crippen LogP contribution in [0.3, 0.4) is 0 Å². The molecule has 0 radical (unpaired) electrons. The normalized spacial score (nSPS) is 10.6. The summed E-state index contributed by atoms with van der Waals surface area (Å²) >= 11 is 1.35. The van der Waals surface area contributed by atoms with Gasteiger partial charge in [0.05, 0.1) is 18.6 Å². The molecule has 0 aliphatic rings. The summed E-state index contributed by atoms with van der Waals surface area (Å²) in [6.45, 7) is 0. The van der Waals surface area contributed by atoms with Gasteiger partial charge < -0.3 is 9.47 Å². The van der Waals surface area contributed by atoms with Crippen molar-refractivity contribution in [2.45, 2.75) is 5.16 Å². The standard InChI is InChI=1S/C24H20N2O3S/c1-28-20-12-14-21(15-13-20)29-23(27)17-30-24-25-22(18-8-4-2-5-9-18)16-26(24)19-10-6-3-7-11-19/h2-16H,17H2,1H3. The van der Waals surface area contributed by atoms with Crippen LogP contribution in [-0.2, 0) is 4.79 Å². The molecule has 0 fully saturated rings. The first-order chi connectivity index (χ1) is 14.7. The van der Waals surface area contributed by atoms with Gasteiger partial charge in [0.2, 0.25) is 0 Å². The predicted molar refractivity (Wildman–Crippen MR) is 118 cm³/mol. The van der Waals surface area contributed by atoms with Crippen LogP contribution in [-0.4, -0.2) is 28.4 Å². The molecule has 0 atom stereocenters. The second kappa shape index (κ2) is 9.33. The van der Waals surface area contributed by atoms with Crippen molar-refractivity contribution >= 4 is 17.7 Å². The fourth-order valence-electron chi connectivity index (χ4n) is 2.91. The van der Waals surface area contributed by atoms with E-state index in [1.807, 2.05) is 71.4 Å². The Bertz CT molecular complexity index is 1110. The van der Waals surface area contributed by atoms with E-state index in [9.17, 15) is 4.79 Å². The van der Waals surface area contributed by atoms with Gasteiger partial charge in [-0.1, -0.05) is 60.3 Å². The lowest BCUT2D eigenvalue weighted by atomic mass is 10.2. The molecular formula is C24H20N2O3S. The Morgan fingerprint density at radius 3 is 2.20 bits per heavy atom. The summed E-state index contributed by atoms with van der Waals surface area (Å²) < 4.78 is 12.5. The van der Waals surface area contributed by atoms with Crippen LogP contribution in [0.5, 0.6) is 11.5 Å². The predicted octanol–water partition coefficient (Wildman–Crippen LogP) is 5.25. The van der Waals surface area contributed by atoms with Gasteiger partial charge in [-0.2, -0.15) is 0 Å². The van der Waals surface area contributed by atoms with Crippen molar-refractivity contribution in [2.75, 3.05) is 12.9 Å². The molecule has 1 aromatic heterocycles. The molecule has 6 heteroatoms. The second-order valence-corrected chi connectivity index (χ2v) is 7.36. The molecule has 1 heterocycles. The maximum absolute atomic E-state index is 12.4. The first kappa shape index (κ1) is 19.8. The number of rotatable bonds is 7. The van der Waals surface area contributed by atoms with E-state index in [-0.39, 0.29) is 11.7 Å². The molecule has 5 nitrogen and oxygen atoms in total. The van der Waals surface area contributed by atoms with E-state index in [1.54, 1.807) is 31.4 Å². The molecular weight excluding hydrogens is 396 g/mol. The monoisotopic (exact) mass is 416 g/mol. The van der Waals surface area contributed by atoms with Crippen LogP contribution in [0.2, 0.25) is 0 Å². The molecule has 0 spiro atoms. The zero-order valence-corrected chi connectivity index (χ0v) is 17.2. The number of ether oxygens (including phenoxy) is 2. The molecule has 4 aromatic rings. The average Bonchev–Trinajstić information content (AvgIpc) is 3.24. The molecule has 0 N–H and O–H groups in total. The third-order valence-electron chi connectivity index (χ3n) is 4.39. The highest BCUT2D eigenvalue weighted by Gasteiger charge is 2.14. The summed E-state index contributed by atoms with van der Waals surface area (Å²) in [6.07, 6.45) is 1.99. The lowest BCUT2D eigenvalue weighted by molar-refractivity contribution is -0.131. The lowest BCUT2D eigenvalue weighted by Gasteiger charge is -2.07. The molecule has 0 saturated heterocycles. The molecule has 0 unspecified atom stereocenters. The number of imidazole rings is 1.